The molecule has 0 fully saturated rings. The third-order valence-electron chi connectivity index (χ3n) is 3.84. The number of rotatable bonds is 9. The van der Waals surface area contributed by atoms with Crippen molar-refractivity contribution in [1.29, 1.82) is 0 Å². The predicted octanol–water partition coefficient (Wildman–Crippen LogP) is 2.78. The summed E-state index contributed by atoms with van der Waals surface area (Å²) in [5.74, 6) is 1.34. The van der Waals surface area contributed by atoms with E-state index in [1.807, 2.05) is 54.6 Å². The fourth-order valence-corrected chi connectivity index (χ4v) is 2.46. The lowest BCUT2D eigenvalue weighted by Crippen LogP contribution is -2.29. The molecule has 0 aliphatic heterocycles. The van der Waals surface area contributed by atoms with Crippen molar-refractivity contribution >= 4 is 23.2 Å². The second-order valence-electron chi connectivity index (χ2n) is 5.93. The van der Waals surface area contributed by atoms with Crippen molar-refractivity contribution in [1.82, 2.24) is 20.5 Å². The van der Waals surface area contributed by atoms with Crippen molar-refractivity contribution in [3.8, 4) is 0 Å². The molecule has 0 radical (unpaired) electrons. The van der Waals surface area contributed by atoms with Crippen molar-refractivity contribution < 1.29 is 4.79 Å². The Hall–Kier alpha value is -3.48. The van der Waals surface area contributed by atoms with Crippen LogP contribution in [0.2, 0.25) is 0 Å². The van der Waals surface area contributed by atoms with Crippen LogP contribution in [0.4, 0.5) is 17.3 Å². The number of aromatic nitrogens is 3. The fourth-order valence-electron chi connectivity index (χ4n) is 2.46. The van der Waals surface area contributed by atoms with E-state index in [1.165, 1.54) is 5.56 Å². The van der Waals surface area contributed by atoms with Gasteiger partial charge in [-0.25, -0.2) is 0 Å². The van der Waals surface area contributed by atoms with Crippen LogP contribution in [0.5, 0.6) is 0 Å². The average molecular weight is 362 g/mol. The topological polar surface area (TPSA) is 91.8 Å². The summed E-state index contributed by atoms with van der Waals surface area (Å²) in [7, 11) is 0. The lowest BCUT2D eigenvalue weighted by molar-refractivity contribution is -0.120. The van der Waals surface area contributed by atoms with Crippen LogP contribution >= 0.6 is 0 Å². The van der Waals surface area contributed by atoms with Crippen LogP contribution in [0.15, 0.2) is 67.0 Å². The summed E-state index contributed by atoms with van der Waals surface area (Å²) in [4.78, 5) is 15.9. The average Bonchev–Trinajstić information content (AvgIpc) is 2.72. The Labute approximate surface area is 158 Å². The van der Waals surface area contributed by atoms with E-state index in [0.717, 1.165) is 12.1 Å². The van der Waals surface area contributed by atoms with Crippen LogP contribution in [0, 0.1) is 0 Å². The number of pyridine rings is 1. The molecule has 138 valence electrons. The van der Waals surface area contributed by atoms with Gasteiger partial charge in [-0.2, -0.15) is 0 Å². The largest absolute Gasteiger partial charge is 0.367 e. The van der Waals surface area contributed by atoms with Gasteiger partial charge >= 0.3 is 0 Å². The molecule has 3 aromatic rings. The third kappa shape index (κ3) is 6.39. The molecule has 27 heavy (non-hydrogen) atoms. The third-order valence-corrected chi connectivity index (χ3v) is 3.84. The van der Waals surface area contributed by atoms with Gasteiger partial charge in [0.05, 0.1) is 11.9 Å². The van der Waals surface area contributed by atoms with Crippen LogP contribution in [-0.2, 0) is 11.2 Å². The number of hydrogen-bond acceptors (Lipinski definition) is 6. The molecule has 0 bridgehead atoms. The molecule has 0 aliphatic rings. The molecule has 2 heterocycles. The van der Waals surface area contributed by atoms with Crippen molar-refractivity contribution in [2.45, 2.75) is 12.8 Å². The molecule has 0 aliphatic carbocycles. The fraction of sp³-hybridized carbons (Fsp3) is 0.200. The number of anilines is 3. The lowest BCUT2D eigenvalue weighted by Gasteiger charge is -2.08. The number of nitrogens with zero attached hydrogens (tertiary/aromatic N) is 3. The molecule has 0 atom stereocenters. The smallest absolute Gasteiger partial charge is 0.220 e. The molecule has 7 nitrogen and oxygen atoms in total. The highest BCUT2D eigenvalue weighted by atomic mass is 16.1. The standard InChI is InChI=1S/C20H22N6O/c27-20(11-8-16-5-2-1-3-6-16)23-14-13-22-18-9-10-19(26-25-18)24-17-7-4-12-21-15-17/h1-7,9-10,12,15H,8,11,13-14H2,(H,22,25)(H,23,27)(H,24,26). The SMILES string of the molecule is O=C(CCc1ccccc1)NCCNc1ccc(Nc2cccnc2)nn1. The zero-order valence-corrected chi connectivity index (χ0v) is 14.9. The van der Waals surface area contributed by atoms with Crippen molar-refractivity contribution in [2.75, 3.05) is 23.7 Å². The number of nitrogens with one attached hydrogen (secondary N) is 3. The first-order valence-corrected chi connectivity index (χ1v) is 8.85. The normalized spacial score (nSPS) is 10.2. The maximum absolute atomic E-state index is 11.9. The molecular formula is C20H22N6O. The second kappa shape index (κ2) is 9.86. The first-order valence-electron chi connectivity index (χ1n) is 8.85. The number of benzene rings is 1. The van der Waals surface area contributed by atoms with E-state index in [1.54, 1.807) is 12.4 Å². The zero-order valence-electron chi connectivity index (χ0n) is 14.9. The molecule has 1 amide bonds. The highest BCUT2D eigenvalue weighted by Gasteiger charge is 2.02. The molecular weight excluding hydrogens is 340 g/mol. The van der Waals surface area contributed by atoms with Gasteiger partial charge < -0.3 is 16.0 Å². The Bertz CT molecular complexity index is 824. The van der Waals surface area contributed by atoms with E-state index in [9.17, 15) is 4.79 Å². The van der Waals surface area contributed by atoms with Gasteiger partial charge in [0.1, 0.15) is 5.82 Å². The number of amides is 1. The minimum Gasteiger partial charge on any atom is -0.367 e. The second-order valence-corrected chi connectivity index (χ2v) is 5.93. The summed E-state index contributed by atoms with van der Waals surface area (Å²) in [5, 5.41) is 17.4. The summed E-state index contributed by atoms with van der Waals surface area (Å²) in [6, 6.07) is 17.4. The van der Waals surface area contributed by atoms with Gasteiger partial charge in [-0.15, -0.1) is 10.2 Å². The number of carbonyl (C=O) groups is 1. The highest BCUT2D eigenvalue weighted by molar-refractivity contribution is 5.76. The monoisotopic (exact) mass is 362 g/mol. The van der Waals surface area contributed by atoms with Crippen LogP contribution in [0.25, 0.3) is 0 Å². The molecule has 1 aromatic carbocycles. The van der Waals surface area contributed by atoms with Gasteiger partial charge in [0.15, 0.2) is 5.82 Å². The minimum absolute atomic E-state index is 0.0442. The Morgan fingerprint density at radius 1 is 0.889 bits per heavy atom. The molecule has 3 rings (SSSR count). The minimum atomic E-state index is 0.0442. The van der Waals surface area contributed by atoms with Crippen LogP contribution < -0.4 is 16.0 Å². The molecule has 2 aromatic heterocycles. The first-order chi connectivity index (χ1) is 13.3. The zero-order chi connectivity index (χ0) is 18.7. The van der Waals surface area contributed by atoms with Gasteiger partial charge in [0.25, 0.3) is 0 Å². The predicted molar refractivity (Wildman–Crippen MR) is 106 cm³/mol. The summed E-state index contributed by atoms with van der Waals surface area (Å²) >= 11 is 0. The Morgan fingerprint density at radius 2 is 1.70 bits per heavy atom. The number of hydrogen-bond donors (Lipinski definition) is 3. The summed E-state index contributed by atoms with van der Waals surface area (Å²) in [6.07, 6.45) is 4.66. The number of carbonyl (C=O) groups excluding carboxylic acids is 1. The molecule has 0 saturated heterocycles. The lowest BCUT2D eigenvalue weighted by atomic mass is 10.1. The first kappa shape index (κ1) is 18.3. The Balaban J connectivity index is 1.33. The molecule has 0 spiro atoms. The van der Waals surface area contributed by atoms with E-state index in [4.69, 9.17) is 0 Å². The summed E-state index contributed by atoms with van der Waals surface area (Å²) < 4.78 is 0. The molecule has 7 heteroatoms. The molecule has 3 N–H and O–H groups in total. The quantitative estimate of drug-likeness (QED) is 0.507. The van der Waals surface area contributed by atoms with Gasteiger partial charge in [0.2, 0.25) is 5.91 Å². The summed E-state index contributed by atoms with van der Waals surface area (Å²) in [6.45, 7) is 1.12. The molecule has 0 unspecified atom stereocenters. The van der Waals surface area contributed by atoms with Gasteiger partial charge in [-0.3, -0.25) is 9.78 Å². The summed E-state index contributed by atoms with van der Waals surface area (Å²) in [5.41, 5.74) is 2.02. The van der Waals surface area contributed by atoms with Crippen LogP contribution in [0.3, 0.4) is 0 Å². The van der Waals surface area contributed by atoms with E-state index < -0.39 is 0 Å². The van der Waals surface area contributed by atoms with Gasteiger partial charge in [-0.1, -0.05) is 30.3 Å². The number of aryl methyl sites for hydroxylation is 1. The maximum atomic E-state index is 11.9. The van der Waals surface area contributed by atoms with E-state index >= 15 is 0 Å². The Morgan fingerprint density at radius 3 is 2.44 bits per heavy atom. The molecule has 0 saturated carbocycles. The van der Waals surface area contributed by atoms with Crippen LogP contribution in [0.1, 0.15) is 12.0 Å². The van der Waals surface area contributed by atoms with E-state index in [0.29, 0.717) is 31.1 Å². The van der Waals surface area contributed by atoms with Crippen LogP contribution in [-0.4, -0.2) is 34.2 Å². The van der Waals surface area contributed by atoms with Gasteiger partial charge in [0, 0.05) is 25.7 Å². The highest BCUT2D eigenvalue weighted by Crippen LogP contribution is 2.12. The van der Waals surface area contributed by atoms with Crippen molar-refractivity contribution in [3.05, 3.63) is 72.6 Å². The van der Waals surface area contributed by atoms with Crippen molar-refractivity contribution in [3.63, 3.8) is 0 Å². The van der Waals surface area contributed by atoms with Gasteiger partial charge in [-0.05, 0) is 36.2 Å². The maximum Gasteiger partial charge on any atom is 0.220 e. The Kier molecular flexibility index (Phi) is 6.69. The van der Waals surface area contributed by atoms with Crippen molar-refractivity contribution in [2.24, 2.45) is 0 Å². The van der Waals surface area contributed by atoms with E-state index in [-0.39, 0.29) is 5.91 Å². The van der Waals surface area contributed by atoms with E-state index in [2.05, 4.69) is 31.1 Å².